The van der Waals surface area contributed by atoms with Crippen LogP contribution in [-0.2, 0) is 13.1 Å². The Morgan fingerprint density at radius 3 is 2.26 bits per heavy atom. The predicted molar refractivity (Wildman–Crippen MR) is 133 cm³/mol. The van der Waals surface area contributed by atoms with Gasteiger partial charge in [0.1, 0.15) is 23.3 Å². The van der Waals surface area contributed by atoms with E-state index >= 15 is 0 Å². The lowest BCUT2D eigenvalue weighted by Crippen LogP contribution is -2.45. The van der Waals surface area contributed by atoms with Crippen LogP contribution in [0.5, 0.6) is 11.5 Å². The largest absolute Gasteiger partial charge is 0.507 e. The molecule has 0 spiro atoms. The summed E-state index contributed by atoms with van der Waals surface area (Å²) in [5.74, 6) is 0.758. The van der Waals surface area contributed by atoms with Crippen LogP contribution in [0.3, 0.4) is 0 Å². The molecule has 34 heavy (non-hydrogen) atoms. The van der Waals surface area contributed by atoms with Gasteiger partial charge < -0.3 is 14.3 Å². The second-order valence-corrected chi connectivity index (χ2v) is 8.66. The highest BCUT2D eigenvalue weighted by atomic mass is 16.5. The third kappa shape index (κ3) is 4.42. The van der Waals surface area contributed by atoms with Crippen LogP contribution >= 0.6 is 0 Å². The number of nitrogens with zero attached hydrogens (tertiary/aromatic N) is 2. The van der Waals surface area contributed by atoms with Gasteiger partial charge in [-0.05, 0) is 23.8 Å². The number of hydrogen-bond acceptors (Lipinski definition) is 6. The van der Waals surface area contributed by atoms with Gasteiger partial charge >= 0.3 is 0 Å². The number of para-hydroxylation sites is 1. The van der Waals surface area contributed by atoms with Gasteiger partial charge in [0.25, 0.3) is 0 Å². The number of phenols is 1. The Bertz CT molecular complexity index is 1340. The summed E-state index contributed by atoms with van der Waals surface area (Å²) in [6.07, 6.45) is 1.48. The van der Waals surface area contributed by atoms with Crippen molar-refractivity contribution in [2.24, 2.45) is 0 Å². The Balaban J connectivity index is 1.37. The van der Waals surface area contributed by atoms with Crippen LogP contribution in [0.2, 0.25) is 0 Å². The Morgan fingerprint density at radius 1 is 0.853 bits per heavy atom. The Labute approximate surface area is 198 Å². The number of benzene rings is 3. The molecule has 0 saturated carbocycles. The van der Waals surface area contributed by atoms with Gasteiger partial charge in [-0.2, -0.15) is 0 Å². The maximum Gasteiger partial charge on any atom is 0.200 e. The van der Waals surface area contributed by atoms with Gasteiger partial charge in [0.05, 0.1) is 23.6 Å². The normalized spacial score (nSPS) is 15.0. The van der Waals surface area contributed by atoms with Gasteiger partial charge in [-0.25, -0.2) is 0 Å². The summed E-state index contributed by atoms with van der Waals surface area (Å²) in [4.78, 5) is 18.1. The molecule has 0 bridgehead atoms. The standard InChI is InChI=1S/C28H28N2O4/c1-33-26-10-6-5-9-21(26)24-19-34-28-22(27(24)32)11-12-25(31)23(28)18-30-15-13-29(14-16-30)17-20-7-3-2-4-8-20/h2-12,19,31H,13-18H2,1H3. The number of methoxy groups -OCH3 is 1. The van der Waals surface area contributed by atoms with Crippen LogP contribution in [0.25, 0.3) is 22.1 Å². The van der Waals surface area contributed by atoms with E-state index in [9.17, 15) is 9.90 Å². The first kappa shape index (κ1) is 22.2. The van der Waals surface area contributed by atoms with Gasteiger partial charge in [0.15, 0.2) is 0 Å². The smallest absolute Gasteiger partial charge is 0.200 e. The number of aromatic hydroxyl groups is 1. The van der Waals surface area contributed by atoms with Crippen LogP contribution in [0.4, 0.5) is 0 Å². The van der Waals surface area contributed by atoms with Gasteiger partial charge in [-0.15, -0.1) is 0 Å². The van der Waals surface area contributed by atoms with Crippen molar-refractivity contribution >= 4 is 11.0 Å². The molecule has 0 amide bonds. The van der Waals surface area contributed by atoms with Crippen LogP contribution < -0.4 is 10.2 Å². The summed E-state index contributed by atoms with van der Waals surface area (Å²) < 4.78 is 11.4. The van der Waals surface area contributed by atoms with E-state index in [2.05, 4.69) is 34.1 Å². The number of piperazine rings is 1. The molecule has 3 aromatic carbocycles. The van der Waals surface area contributed by atoms with E-state index in [4.69, 9.17) is 9.15 Å². The number of rotatable bonds is 6. The zero-order valence-corrected chi connectivity index (χ0v) is 19.2. The first-order chi connectivity index (χ1) is 16.6. The van der Waals surface area contributed by atoms with Crippen molar-refractivity contribution in [2.45, 2.75) is 13.1 Å². The summed E-state index contributed by atoms with van der Waals surface area (Å²) in [7, 11) is 1.58. The minimum atomic E-state index is -0.139. The number of phenolic OH excluding ortho intramolecular Hbond substituents is 1. The lowest BCUT2D eigenvalue weighted by atomic mass is 10.0. The third-order valence-electron chi connectivity index (χ3n) is 6.51. The quantitative estimate of drug-likeness (QED) is 0.461. The molecule has 174 valence electrons. The summed E-state index contributed by atoms with van der Waals surface area (Å²) in [6.45, 7) is 5.12. The summed E-state index contributed by atoms with van der Waals surface area (Å²) in [5, 5.41) is 11.1. The Hall–Kier alpha value is -3.61. The maximum absolute atomic E-state index is 13.4. The van der Waals surface area contributed by atoms with E-state index in [-0.39, 0.29) is 11.2 Å². The van der Waals surface area contributed by atoms with E-state index in [1.807, 2.05) is 30.3 Å². The summed E-state index contributed by atoms with van der Waals surface area (Å²) in [6, 6.07) is 21.1. The molecule has 1 aromatic heterocycles. The molecule has 2 heterocycles. The van der Waals surface area contributed by atoms with E-state index < -0.39 is 0 Å². The lowest BCUT2D eigenvalue weighted by Gasteiger charge is -2.34. The molecule has 1 fully saturated rings. The Kier molecular flexibility index (Phi) is 6.34. The summed E-state index contributed by atoms with van der Waals surface area (Å²) in [5.41, 5.74) is 3.39. The minimum absolute atomic E-state index is 0.139. The lowest BCUT2D eigenvalue weighted by molar-refractivity contribution is 0.121. The van der Waals surface area contributed by atoms with Gasteiger partial charge in [0, 0.05) is 44.8 Å². The molecule has 1 aliphatic heterocycles. The molecule has 4 aromatic rings. The first-order valence-electron chi connectivity index (χ1n) is 11.5. The van der Waals surface area contributed by atoms with Crippen molar-refractivity contribution in [1.29, 1.82) is 0 Å². The fraction of sp³-hybridized carbons (Fsp3) is 0.250. The van der Waals surface area contributed by atoms with Crippen molar-refractivity contribution in [3.63, 3.8) is 0 Å². The Morgan fingerprint density at radius 2 is 1.53 bits per heavy atom. The van der Waals surface area contributed by atoms with Crippen LogP contribution in [0.1, 0.15) is 11.1 Å². The average Bonchev–Trinajstić information content (AvgIpc) is 2.88. The van der Waals surface area contributed by atoms with E-state index in [1.165, 1.54) is 11.8 Å². The molecule has 1 aliphatic rings. The first-order valence-corrected chi connectivity index (χ1v) is 11.5. The van der Waals surface area contributed by atoms with Crippen LogP contribution in [-0.4, -0.2) is 48.2 Å². The van der Waals surface area contributed by atoms with Gasteiger partial charge in [-0.3, -0.25) is 14.6 Å². The number of fused-ring (bicyclic) bond motifs is 1. The number of hydrogen-bond donors (Lipinski definition) is 1. The monoisotopic (exact) mass is 456 g/mol. The molecule has 0 aliphatic carbocycles. The molecule has 6 heteroatoms. The van der Waals surface area contributed by atoms with Crippen molar-refractivity contribution in [2.75, 3.05) is 33.3 Å². The van der Waals surface area contributed by atoms with Gasteiger partial charge in [-0.1, -0.05) is 48.5 Å². The second-order valence-electron chi connectivity index (χ2n) is 8.66. The SMILES string of the molecule is COc1ccccc1-c1coc2c(CN3CCN(Cc4ccccc4)CC3)c(O)ccc2c1=O. The molecule has 0 unspecified atom stereocenters. The van der Waals surface area contributed by atoms with Crippen molar-refractivity contribution in [1.82, 2.24) is 9.80 Å². The molecule has 1 N–H and O–H groups in total. The minimum Gasteiger partial charge on any atom is -0.507 e. The number of ether oxygens (including phenoxy) is 1. The van der Waals surface area contributed by atoms with Crippen molar-refractivity contribution in [3.8, 4) is 22.6 Å². The molecular weight excluding hydrogens is 428 g/mol. The maximum atomic E-state index is 13.4. The predicted octanol–water partition coefficient (Wildman–Crippen LogP) is 4.49. The topological polar surface area (TPSA) is 66.2 Å². The zero-order chi connectivity index (χ0) is 23.5. The van der Waals surface area contributed by atoms with E-state index in [0.717, 1.165) is 32.7 Å². The third-order valence-corrected chi connectivity index (χ3v) is 6.51. The van der Waals surface area contributed by atoms with Crippen molar-refractivity contribution < 1.29 is 14.3 Å². The molecule has 6 nitrogen and oxygen atoms in total. The van der Waals surface area contributed by atoms with E-state index in [1.54, 1.807) is 19.2 Å². The molecule has 0 radical (unpaired) electrons. The molecular formula is C28H28N2O4. The van der Waals surface area contributed by atoms with Crippen molar-refractivity contribution in [3.05, 3.63) is 94.3 Å². The molecule has 0 atom stereocenters. The average molecular weight is 457 g/mol. The zero-order valence-electron chi connectivity index (χ0n) is 19.2. The fourth-order valence-electron chi connectivity index (χ4n) is 4.62. The van der Waals surface area contributed by atoms with Crippen LogP contribution in [0, 0.1) is 0 Å². The molecule has 1 saturated heterocycles. The highest BCUT2D eigenvalue weighted by molar-refractivity contribution is 5.86. The highest BCUT2D eigenvalue weighted by Crippen LogP contribution is 2.32. The fourth-order valence-corrected chi connectivity index (χ4v) is 4.62. The van der Waals surface area contributed by atoms with Crippen LogP contribution in [0.15, 0.2) is 82.2 Å². The summed E-state index contributed by atoms with van der Waals surface area (Å²) >= 11 is 0. The van der Waals surface area contributed by atoms with Gasteiger partial charge in [0.2, 0.25) is 5.43 Å². The second kappa shape index (κ2) is 9.71. The highest BCUT2D eigenvalue weighted by Gasteiger charge is 2.22. The molecule has 5 rings (SSSR count). The van der Waals surface area contributed by atoms with E-state index in [0.29, 0.717) is 40.0 Å².